The molecular formula is C12H19ClFN. The molecule has 0 fully saturated rings. The second kappa shape index (κ2) is 6.09. The predicted octanol–water partition coefficient (Wildman–Crippen LogP) is 3.60. The first-order valence-electron chi connectivity index (χ1n) is 5.08. The van der Waals surface area contributed by atoms with Crippen molar-refractivity contribution in [3.8, 4) is 0 Å². The van der Waals surface area contributed by atoms with E-state index >= 15 is 0 Å². The zero-order valence-electron chi connectivity index (χ0n) is 9.46. The summed E-state index contributed by atoms with van der Waals surface area (Å²) < 4.78 is 13.0. The summed E-state index contributed by atoms with van der Waals surface area (Å²) in [5.41, 5.74) is 7.74. The van der Waals surface area contributed by atoms with E-state index in [4.69, 9.17) is 5.73 Å². The first kappa shape index (κ1) is 14.4. The van der Waals surface area contributed by atoms with Gasteiger partial charge in [0, 0.05) is 6.04 Å². The molecule has 0 saturated carbocycles. The third-order valence-corrected chi connectivity index (χ3v) is 2.82. The molecule has 1 rings (SSSR count). The topological polar surface area (TPSA) is 26.0 Å². The Morgan fingerprint density at radius 1 is 1.40 bits per heavy atom. The third kappa shape index (κ3) is 3.47. The second-order valence-electron chi connectivity index (χ2n) is 3.92. The molecule has 0 aromatic heterocycles. The van der Waals surface area contributed by atoms with Crippen LogP contribution >= 0.6 is 12.4 Å². The lowest BCUT2D eigenvalue weighted by Gasteiger charge is -2.19. The van der Waals surface area contributed by atoms with E-state index in [0.29, 0.717) is 11.5 Å². The van der Waals surface area contributed by atoms with Gasteiger partial charge in [0.15, 0.2) is 0 Å². The highest BCUT2D eigenvalue weighted by Gasteiger charge is 2.13. The number of nitrogens with two attached hydrogens (primary N) is 1. The molecule has 1 unspecified atom stereocenters. The monoisotopic (exact) mass is 231 g/mol. The first-order chi connectivity index (χ1) is 6.56. The number of rotatable bonds is 3. The van der Waals surface area contributed by atoms with Crippen LogP contribution in [0.15, 0.2) is 18.2 Å². The van der Waals surface area contributed by atoms with Gasteiger partial charge in [-0.15, -0.1) is 12.4 Å². The molecule has 3 heteroatoms. The van der Waals surface area contributed by atoms with Crippen molar-refractivity contribution in [3.05, 3.63) is 35.1 Å². The SMILES string of the molecule is CCC(C)[C@@H](N)c1ccc(F)c(C)c1.Cl. The van der Waals surface area contributed by atoms with Gasteiger partial charge in [-0.25, -0.2) is 4.39 Å². The Balaban J connectivity index is 0.00000196. The highest BCUT2D eigenvalue weighted by molar-refractivity contribution is 5.85. The lowest BCUT2D eigenvalue weighted by Crippen LogP contribution is -2.18. The van der Waals surface area contributed by atoms with Crippen molar-refractivity contribution in [3.63, 3.8) is 0 Å². The molecule has 1 aromatic rings. The van der Waals surface area contributed by atoms with Crippen molar-refractivity contribution < 1.29 is 4.39 Å². The lowest BCUT2D eigenvalue weighted by atomic mass is 9.92. The van der Waals surface area contributed by atoms with Crippen molar-refractivity contribution >= 4 is 12.4 Å². The van der Waals surface area contributed by atoms with Crippen LogP contribution in [0.3, 0.4) is 0 Å². The average molecular weight is 232 g/mol. The van der Waals surface area contributed by atoms with Gasteiger partial charge < -0.3 is 5.73 Å². The van der Waals surface area contributed by atoms with Crippen LogP contribution in [-0.4, -0.2) is 0 Å². The molecule has 0 aliphatic carbocycles. The molecule has 0 aliphatic heterocycles. The van der Waals surface area contributed by atoms with Crippen LogP contribution < -0.4 is 5.73 Å². The van der Waals surface area contributed by atoms with Gasteiger partial charge in [0.1, 0.15) is 5.82 Å². The molecule has 2 atom stereocenters. The Morgan fingerprint density at radius 2 is 2.00 bits per heavy atom. The average Bonchev–Trinajstić information content (AvgIpc) is 2.20. The maximum atomic E-state index is 13.0. The minimum absolute atomic E-state index is 0. The fourth-order valence-electron chi connectivity index (χ4n) is 1.46. The number of hydrogen-bond acceptors (Lipinski definition) is 1. The smallest absolute Gasteiger partial charge is 0.126 e. The van der Waals surface area contributed by atoms with E-state index in [2.05, 4.69) is 13.8 Å². The van der Waals surface area contributed by atoms with Gasteiger partial charge >= 0.3 is 0 Å². The molecule has 2 N–H and O–H groups in total. The molecule has 1 nitrogen and oxygen atoms in total. The molecule has 0 amide bonds. The van der Waals surface area contributed by atoms with E-state index < -0.39 is 0 Å². The van der Waals surface area contributed by atoms with Crippen LogP contribution in [0, 0.1) is 18.7 Å². The number of hydrogen-bond donors (Lipinski definition) is 1. The zero-order valence-corrected chi connectivity index (χ0v) is 10.3. The van der Waals surface area contributed by atoms with E-state index in [9.17, 15) is 4.39 Å². The summed E-state index contributed by atoms with van der Waals surface area (Å²) >= 11 is 0. The molecule has 0 heterocycles. The predicted molar refractivity (Wildman–Crippen MR) is 64.8 cm³/mol. The van der Waals surface area contributed by atoms with Crippen LogP contribution in [0.25, 0.3) is 0 Å². The van der Waals surface area contributed by atoms with Gasteiger partial charge in [0.25, 0.3) is 0 Å². The molecule has 1 aromatic carbocycles. The molecule has 86 valence electrons. The van der Waals surface area contributed by atoms with Gasteiger partial charge in [-0.1, -0.05) is 32.4 Å². The summed E-state index contributed by atoms with van der Waals surface area (Å²) in [5, 5.41) is 0. The molecular weight excluding hydrogens is 213 g/mol. The summed E-state index contributed by atoms with van der Waals surface area (Å²) in [4.78, 5) is 0. The van der Waals surface area contributed by atoms with Crippen molar-refractivity contribution in [2.24, 2.45) is 11.7 Å². The normalized spacial score (nSPS) is 14.2. The van der Waals surface area contributed by atoms with Crippen molar-refractivity contribution in [2.75, 3.05) is 0 Å². The number of halogens is 2. The van der Waals surface area contributed by atoms with Crippen LogP contribution in [0.1, 0.15) is 37.4 Å². The Hall–Kier alpha value is -0.600. The summed E-state index contributed by atoms with van der Waals surface area (Å²) in [5.74, 6) is 0.268. The summed E-state index contributed by atoms with van der Waals surface area (Å²) in [6.45, 7) is 5.99. The van der Waals surface area contributed by atoms with Gasteiger partial charge in [-0.05, 0) is 30.0 Å². The summed E-state index contributed by atoms with van der Waals surface area (Å²) in [7, 11) is 0. The van der Waals surface area contributed by atoms with Crippen LogP contribution in [0.2, 0.25) is 0 Å². The Morgan fingerprint density at radius 3 is 2.47 bits per heavy atom. The standard InChI is InChI=1S/C12H18FN.ClH/c1-4-8(2)12(14)10-5-6-11(13)9(3)7-10;/h5-8,12H,4,14H2,1-3H3;1H/t8?,12-;/m1./s1. The van der Waals surface area contributed by atoms with Gasteiger partial charge in [0.2, 0.25) is 0 Å². The van der Waals surface area contributed by atoms with Crippen molar-refractivity contribution in [1.82, 2.24) is 0 Å². The minimum atomic E-state index is -0.162. The molecule has 0 radical (unpaired) electrons. The molecule has 0 aliphatic rings. The third-order valence-electron chi connectivity index (χ3n) is 2.82. The van der Waals surface area contributed by atoms with Crippen LogP contribution in [0.5, 0.6) is 0 Å². The van der Waals surface area contributed by atoms with E-state index in [1.54, 1.807) is 13.0 Å². The van der Waals surface area contributed by atoms with Crippen molar-refractivity contribution in [1.29, 1.82) is 0 Å². The highest BCUT2D eigenvalue weighted by Crippen LogP contribution is 2.23. The highest BCUT2D eigenvalue weighted by atomic mass is 35.5. The molecule has 0 bridgehead atoms. The minimum Gasteiger partial charge on any atom is -0.324 e. The second-order valence-corrected chi connectivity index (χ2v) is 3.92. The molecule has 15 heavy (non-hydrogen) atoms. The Bertz CT molecular complexity index is 314. The summed E-state index contributed by atoms with van der Waals surface area (Å²) in [6.07, 6.45) is 1.04. The molecule has 0 spiro atoms. The summed E-state index contributed by atoms with van der Waals surface area (Å²) in [6, 6.07) is 5.12. The maximum Gasteiger partial charge on any atom is 0.126 e. The van der Waals surface area contributed by atoms with Gasteiger partial charge in [0.05, 0.1) is 0 Å². The fraction of sp³-hybridized carbons (Fsp3) is 0.500. The quantitative estimate of drug-likeness (QED) is 0.845. The van der Waals surface area contributed by atoms with E-state index in [1.165, 1.54) is 6.07 Å². The van der Waals surface area contributed by atoms with Crippen LogP contribution in [-0.2, 0) is 0 Å². The first-order valence-corrected chi connectivity index (χ1v) is 5.08. The van der Waals surface area contributed by atoms with Crippen LogP contribution in [0.4, 0.5) is 4.39 Å². The molecule has 0 saturated heterocycles. The van der Waals surface area contributed by atoms with E-state index in [1.807, 2.05) is 6.07 Å². The van der Waals surface area contributed by atoms with Crippen molar-refractivity contribution in [2.45, 2.75) is 33.2 Å². The van der Waals surface area contributed by atoms with Gasteiger partial charge in [-0.2, -0.15) is 0 Å². The Kier molecular flexibility index (Phi) is 5.84. The number of aryl methyl sites for hydroxylation is 1. The van der Waals surface area contributed by atoms with Gasteiger partial charge in [-0.3, -0.25) is 0 Å². The van der Waals surface area contributed by atoms with E-state index in [0.717, 1.165) is 12.0 Å². The zero-order chi connectivity index (χ0) is 10.7. The Labute approximate surface area is 97.3 Å². The maximum absolute atomic E-state index is 13.0. The fourth-order valence-corrected chi connectivity index (χ4v) is 1.46. The lowest BCUT2D eigenvalue weighted by molar-refractivity contribution is 0.456. The number of benzene rings is 1. The largest absolute Gasteiger partial charge is 0.324 e. The van der Waals surface area contributed by atoms with E-state index in [-0.39, 0.29) is 24.3 Å².